The molecule has 106 valence electrons. The molecule has 1 aromatic rings. The highest BCUT2D eigenvalue weighted by Gasteiger charge is 2.19. The van der Waals surface area contributed by atoms with E-state index in [9.17, 15) is 0 Å². The van der Waals surface area contributed by atoms with E-state index in [1.807, 2.05) is 13.1 Å². The van der Waals surface area contributed by atoms with Crippen LogP contribution < -0.4 is 10.6 Å². The van der Waals surface area contributed by atoms with Crippen LogP contribution in [0, 0.1) is 5.92 Å². The van der Waals surface area contributed by atoms with E-state index in [-0.39, 0.29) is 0 Å². The van der Waals surface area contributed by atoms with Crippen molar-refractivity contribution in [2.24, 2.45) is 5.92 Å². The Morgan fingerprint density at radius 2 is 2.05 bits per heavy atom. The van der Waals surface area contributed by atoms with Gasteiger partial charge in [0.05, 0.1) is 0 Å². The zero-order valence-corrected chi connectivity index (χ0v) is 12.4. The predicted molar refractivity (Wildman–Crippen MR) is 80.6 cm³/mol. The van der Waals surface area contributed by atoms with Gasteiger partial charge in [-0.2, -0.15) is 0 Å². The first-order valence-electron chi connectivity index (χ1n) is 7.53. The Balaban J connectivity index is 2.07. The predicted octanol–water partition coefficient (Wildman–Crippen LogP) is 3.46. The molecule has 1 fully saturated rings. The molecule has 1 aliphatic carbocycles. The summed E-state index contributed by atoms with van der Waals surface area (Å²) >= 11 is 0. The van der Waals surface area contributed by atoms with Crippen LogP contribution in [0.5, 0.6) is 0 Å². The monoisotopic (exact) mass is 262 g/mol. The van der Waals surface area contributed by atoms with Gasteiger partial charge in [-0.1, -0.05) is 26.7 Å². The number of aryl methyl sites for hydroxylation is 1. The second-order valence-electron chi connectivity index (χ2n) is 5.67. The molecule has 0 amide bonds. The van der Waals surface area contributed by atoms with Gasteiger partial charge < -0.3 is 10.6 Å². The van der Waals surface area contributed by atoms with Crippen LogP contribution in [0.2, 0.25) is 0 Å². The third-order valence-corrected chi connectivity index (χ3v) is 3.79. The van der Waals surface area contributed by atoms with Gasteiger partial charge in [0, 0.05) is 25.6 Å². The molecule has 0 bridgehead atoms. The fourth-order valence-corrected chi connectivity index (χ4v) is 2.81. The minimum absolute atomic E-state index is 0.567. The zero-order chi connectivity index (χ0) is 13.7. The normalized spacial score (nSPS) is 23.1. The third kappa shape index (κ3) is 4.08. The number of anilines is 2. The SMILES string of the molecule is CCCc1nc(NC)cc(NC2CCCC(C)C2)n1. The number of aromatic nitrogens is 2. The van der Waals surface area contributed by atoms with Crippen LogP contribution in [0.15, 0.2) is 6.07 Å². The molecule has 1 aromatic heterocycles. The van der Waals surface area contributed by atoms with Gasteiger partial charge in [-0.25, -0.2) is 9.97 Å². The smallest absolute Gasteiger partial charge is 0.133 e. The summed E-state index contributed by atoms with van der Waals surface area (Å²) in [5.74, 6) is 3.64. The first kappa shape index (κ1) is 14.1. The van der Waals surface area contributed by atoms with Crippen molar-refractivity contribution in [2.45, 2.75) is 58.4 Å². The van der Waals surface area contributed by atoms with Crippen molar-refractivity contribution in [2.75, 3.05) is 17.7 Å². The van der Waals surface area contributed by atoms with Crippen molar-refractivity contribution < 1.29 is 0 Å². The lowest BCUT2D eigenvalue weighted by Gasteiger charge is -2.28. The van der Waals surface area contributed by atoms with Gasteiger partial charge in [0.15, 0.2) is 0 Å². The first-order valence-corrected chi connectivity index (χ1v) is 7.53. The van der Waals surface area contributed by atoms with Gasteiger partial charge in [-0.3, -0.25) is 0 Å². The van der Waals surface area contributed by atoms with Crippen molar-refractivity contribution in [1.29, 1.82) is 0 Å². The van der Waals surface area contributed by atoms with Crippen LogP contribution in [0.4, 0.5) is 11.6 Å². The van der Waals surface area contributed by atoms with E-state index >= 15 is 0 Å². The van der Waals surface area contributed by atoms with Crippen molar-refractivity contribution in [3.8, 4) is 0 Å². The number of nitrogens with one attached hydrogen (secondary N) is 2. The van der Waals surface area contributed by atoms with Crippen LogP contribution in [0.1, 0.15) is 51.8 Å². The van der Waals surface area contributed by atoms with E-state index in [4.69, 9.17) is 0 Å². The first-order chi connectivity index (χ1) is 9.21. The molecule has 1 heterocycles. The maximum Gasteiger partial charge on any atom is 0.133 e. The molecule has 1 saturated carbocycles. The largest absolute Gasteiger partial charge is 0.373 e. The van der Waals surface area contributed by atoms with E-state index in [0.717, 1.165) is 36.2 Å². The zero-order valence-electron chi connectivity index (χ0n) is 12.4. The Labute approximate surface area is 116 Å². The van der Waals surface area contributed by atoms with Crippen LogP contribution in [0.25, 0.3) is 0 Å². The summed E-state index contributed by atoms with van der Waals surface area (Å²) in [5.41, 5.74) is 0. The molecule has 4 nitrogen and oxygen atoms in total. The number of hydrogen-bond acceptors (Lipinski definition) is 4. The molecule has 0 radical (unpaired) electrons. The van der Waals surface area contributed by atoms with E-state index in [2.05, 4.69) is 34.4 Å². The van der Waals surface area contributed by atoms with Crippen molar-refractivity contribution in [3.05, 3.63) is 11.9 Å². The second-order valence-corrected chi connectivity index (χ2v) is 5.67. The molecule has 2 rings (SSSR count). The molecule has 4 heteroatoms. The molecule has 0 saturated heterocycles. The van der Waals surface area contributed by atoms with Crippen LogP contribution in [-0.2, 0) is 6.42 Å². The Kier molecular flexibility index (Phi) is 5.00. The van der Waals surface area contributed by atoms with Gasteiger partial charge in [0.25, 0.3) is 0 Å². The summed E-state index contributed by atoms with van der Waals surface area (Å²) in [7, 11) is 1.91. The summed E-state index contributed by atoms with van der Waals surface area (Å²) in [6, 6.07) is 2.58. The molecule has 19 heavy (non-hydrogen) atoms. The Bertz CT molecular complexity index is 405. The van der Waals surface area contributed by atoms with Crippen molar-refractivity contribution >= 4 is 11.6 Å². The molecule has 0 aliphatic heterocycles. The number of nitrogens with zero attached hydrogens (tertiary/aromatic N) is 2. The van der Waals surface area contributed by atoms with Gasteiger partial charge in [-0.05, 0) is 25.2 Å². The van der Waals surface area contributed by atoms with Crippen LogP contribution >= 0.6 is 0 Å². The second kappa shape index (κ2) is 6.73. The van der Waals surface area contributed by atoms with E-state index in [1.54, 1.807) is 0 Å². The highest BCUT2D eigenvalue weighted by Crippen LogP contribution is 2.26. The number of rotatable bonds is 5. The lowest BCUT2D eigenvalue weighted by molar-refractivity contribution is 0.358. The van der Waals surface area contributed by atoms with Crippen LogP contribution in [0.3, 0.4) is 0 Å². The molecule has 2 N–H and O–H groups in total. The maximum absolute atomic E-state index is 4.63. The lowest BCUT2D eigenvalue weighted by Crippen LogP contribution is -2.26. The Morgan fingerprint density at radius 3 is 2.74 bits per heavy atom. The Hall–Kier alpha value is -1.32. The highest BCUT2D eigenvalue weighted by atomic mass is 15.1. The minimum Gasteiger partial charge on any atom is -0.373 e. The fourth-order valence-electron chi connectivity index (χ4n) is 2.81. The van der Waals surface area contributed by atoms with Gasteiger partial charge >= 0.3 is 0 Å². The molecule has 2 unspecified atom stereocenters. The summed E-state index contributed by atoms with van der Waals surface area (Å²) in [6.07, 6.45) is 7.21. The highest BCUT2D eigenvalue weighted by molar-refractivity contribution is 5.47. The average molecular weight is 262 g/mol. The van der Waals surface area contributed by atoms with Gasteiger partial charge in [-0.15, -0.1) is 0 Å². The number of hydrogen-bond donors (Lipinski definition) is 2. The van der Waals surface area contributed by atoms with Crippen molar-refractivity contribution in [1.82, 2.24) is 9.97 Å². The average Bonchev–Trinajstić information content (AvgIpc) is 2.39. The summed E-state index contributed by atoms with van der Waals surface area (Å²) in [5, 5.41) is 6.71. The molecule has 2 atom stereocenters. The Morgan fingerprint density at radius 1 is 1.26 bits per heavy atom. The summed E-state index contributed by atoms with van der Waals surface area (Å²) in [4.78, 5) is 9.12. The fraction of sp³-hybridized carbons (Fsp3) is 0.733. The van der Waals surface area contributed by atoms with E-state index < -0.39 is 0 Å². The summed E-state index contributed by atoms with van der Waals surface area (Å²) < 4.78 is 0. The molecular weight excluding hydrogens is 236 g/mol. The van der Waals surface area contributed by atoms with Crippen molar-refractivity contribution in [3.63, 3.8) is 0 Å². The lowest BCUT2D eigenvalue weighted by atomic mass is 9.87. The molecule has 1 aliphatic rings. The molecular formula is C15H26N4. The quantitative estimate of drug-likeness (QED) is 0.853. The van der Waals surface area contributed by atoms with E-state index in [1.165, 1.54) is 25.7 Å². The molecule has 0 spiro atoms. The minimum atomic E-state index is 0.567. The molecule has 0 aromatic carbocycles. The maximum atomic E-state index is 4.63. The van der Waals surface area contributed by atoms with Gasteiger partial charge in [0.2, 0.25) is 0 Å². The van der Waals surface area contributed by atoms with Gasteiger partial charge in [0.1, 0.15) is 17.5 Å². The van der Waals surface area contributed by atoms with E-state index in [0.29, 0.717) is 6.04 Å². The standard InChI is InChI=1S/C15H26N4/c1-4-6-13-18-14(16-3)10-15(19-13)17-12-8-5-7-11(2)9-12/h10-12H,4-9H2,1-3H3,(H2,16,17,18,19). The van der Waals surface area contributed by atoms with Crippen LogP contribution in [-0.4, -0.2) is 23.1 Å². The summed E-state index contributed by atoms with van der Waals surface area (Å²) in [6.45, 7) is 4.50. The topological polar surface area (TPSA) is 49.8 Å². The third-order valence-electron chi connectivity index (χ3n) is 3.79.